The fourth-order valence-electron chi connectivity index (χ4n) is 3.05. The molecule has 0 spiro atoms. The molecule has 1 aromatic carbocycles. The van der Waals surface area contributed by atoms with Crippen LogP contribution in [-0.2, 0) is 7.05 Å². The summed E-state index contributed by atoms with van der Waals surface area (Å²) in [6.45, 7) is 7.77. The van der Waals surface area contributed by atoms with Gasteiger partial charge in [-0.3, -0.25) is 14.2 Å². The number of aryl methyl sites for hydroxylation is 1. The van der Waals surface area contributed by atoms with E-state index in [-0.39, 0.29) is 23.1 Å². The molecule has 5 nitrogen and oxygen atoms in total. The Labute approximate surface area is 167 Å². The van der Waals surface area contributed by atoms with Crippen molar-refractivity contribution in [3.05, 3.63) is 56.6 Å². The van der Waals surface area contributed by atoms with Crippen LogP contribution in [0.15, 0.2) is 34.2 Å². The lowest BCUT2D eigenvalue weighted by Gasteiger charge is -2.16. The van der Waals surface area contributed by atoms with Gasteiger partial charge in [-0.1, -0.05) is 23.4 Å². The molecular formula is C20H22ClN3O2S. The van der Waals surface area contributed by atoms with Crippen molar-refractivity contribution in [1.29, 1.82) is 0 Å². The van der Waals surface area contributed by atoms with Gasteiger partial charge in [0.15, 0.2) is 10.9 Å². The lowest BCUT2D eigenvalue weighted by Crippen LogP contribution is -2.25. The van der Waals surface area contributed by atoms with Crippen molar-refractivity contribution < 1.29 is 4.79 Å². The second-order valence-corrected chi connectivity index (χ2v) is 8.26. The molecule has 0 fully saturated rings. The van der Waals surface area contributed by atoms with Crippen molar-refractivity contribution >= 4 is 40.0 Å². The summed E-state index contributed by atoms with van der Waals surface area (Å²) in [6, 6.07) is 6.90. The zero-order valence-electron chi connectivity index (χ0n) is 16.0. The summed E-state index contributed by atoms with van der Waals surface area (Å²) >= 11 is 7.34. The van der Waals surface area contributed by atoms with Crippen molar-refractivity contribution in [2.24, 2.45) is 7.05 Å². The molecule has 2 aromatic heterocycles. The summed E-state index contributed by atoms with van der Waals surface area (Å²) in [6.07, 6.45) is 0. The van der Waals surface area contributed by atoms with Crippen molar-refractivity contribution in [2.45, 2.75) is 38.9 Å². The quantitative estimate of drug-likeness (QED) is 0.356. The van der Waals surface area contributed by atoms with Crippen LogP contribution >= 0.6 is 23.4 Å². The van der Waals surface area contributed by atoms with E-state index >= 15 is 0 Å². The number of hydrogen-bond acceptors (Lipinski definition) is 4. The first-order valence-electron chi connectivity index (χ1n) is 8.71. The Balaban J connectivity index is 1.98. The van der Waals surface area contributed by atoms with Crippen LogP contribution in [0.2, 0.25) is 5.02 Å². The minimum Gasteiger partial charge on any atom is -0.351 e. The summed E-state index contributed by atoms with van der Waals surface area (Å²) in [7, 11) is 1.94. The van der Waals surface area contributed by atoms with E-state index in [0.29, 0.717) is 26.6 Å². The maximum Gasteiger partial charge on any atom is 0.262 e. The monoisotopic (exact) mass is 403 g/mol. The number of nitrogens with zero attached hydrogens (tertiary/aromatic N) is 3. The minimum atomic E-state index is -0.117. The highest BCUT2D eigenvalue weighted by Gasteiger charge is 2.18. The van der Waals surface area contributed by atoms with E-state index in [1.807, 2.05) is 45.4 Å². The number of halogens is 1. The highest BCUT2D eigenvalue weighted by atomic mass is 35.5. The van der Waals surface area contributed by atoms with Crippen LogP contribution in [0.5, 0.6) is 0 Å². The Morgan fingerprint density at radius 3 is 2.56 bits per heavy atom. The molecule has 3 aromatic rings. The molecule has 7 heteroatoms. The molecule has 0 N–H and O–H groups in total. The zero-order valence-corrected chi connectivity index (χ0v) is 17.6. The van der Waals surface area contributed by atoms with Gasteiger partial charge in [-0.15, -0.1) is 0 Å². The largest absolute Gasteiger partial charge is 0.351 e. The van der Waals surface area contributed by atoms with E-state index in [1.54, 1.807) is 22.8 Å². The summed E-state index contributed by atoms with van der Waals surface area (Å²) in [5.41, 5.74) is 3.13. The van der Waals surface area contributed by atoms with E-state index in [9.17, 15) is 9.59 Å². The van der Waals surface area contributed by atoms with Gasteiger partial charge < -0.3 is 4.57 Å². The van der Waals surface area contributed by atoms with Crippen molar-refractivity contribution in [3.63, 3.8) is 0 Å². The van der Waals surface area contributed by atoms with E-state index in [2.05, 4.69) is 4.98 Å². The number of carbonyl (C=O) groups excluding carboxylic acids is 1. The molecule has 0 saturated carbocycles. The third-order valence-electron chi connectivity index (χ3n) is 4.76. The average Bonchev–Trinajstić information content (AvgIpc) is 2.86. The standard InChI is InChI=1S/C20H22ClN3O2S/c1-11(2)24-19(26)15-7-6-14(21)9-17(15)22-20(24)27-10-18(25)16-8-12(3)23(5)13(16)4/h6-9,11H,10H2,1-5H3. The van der Waals surface area contributed by atoms with Gasteiger partial charge in [0.25, 0.3) is 5.56 Å². The third kappa shape index (κ3) is 3.69. The van der Waals surface area contributed by atoms with E-state index < -0.39 is 0 Å². The van der Waals surface area contributed by atoms with E-state index in [0.717, 1.165) is 11.4 Å². The summed E-state index contributed by atoms with van der Waals surface area (Å²) in [4.78, 5) is 30.2. The Hall–Kier alpha value is -2.05. The number of Topliss-reactive ketones (excluding diaryl/α,β-unsaturated/α-hetero) is 1. The van der Waals surface area contributed by atoms with Gasteiger partial charge in [0, 0.05) is 35.1 Å². The molecule has 0 radical (unpaired) electrons. The van der Waals surface area contributed by atoms with Gasteiger partial charge in [0.2, 0.25) is 0 Å². The Kier molecular flexibility index (Phi) is 5.49. The van der Waals surface area contributed by atoms with Gasteiger partial charge in [-0.05, 0) is 52.0 Å². The second-order valence-electron chi connectivity index (χ2n) is 6.88. The number of benzene rings is 1. The lowest BCUT2D eigenvalue weighted by molar-refractivity contribution is 0.102. The Morgan fingerprint density at radius 1 is 1.26 bits per heavy atom. The predicted octanol–water partition coefficient (Wildman–Crippen LogP) is 4.56. The van der Waals surface area contributed by atoms with Crippen LogP contribution in [0.3, 0.4) is 0 Å². The third-order valence-corrected chi connectivity index (χ3v) is 5.94. The SMILES string of the molecule is Cc1cc(C(=O)CSc2nc3cc(Cl)ccc3c(=O)n2C(C)C)c(C)n1C. The Bertz CT molecular complexity index is 1100. The van der Waals surface area contributed by atoms with Crippen LogP contribution in [0, 0.1) is 13.8 Å². The molecule has 0 aliphatic carbocycles. The normalized spacial score (nSPS) is 11.5. The highest BCUT2D eigenvalue weighted by Crippen LogP contribution is 2.24. The summed E-state index contributed by atoms with van der Waals surface area (Å²) in [5.74, 6) is 0.243. The average molecular weight is 404 g/mol. The lowest BCUT2D eigenvalue weighted by atomic mass is 10.2. The zero-order chi connectivity index (χ0) is 19.9. The smallest absolute Gasteiger partial charge is 0.262 e. The maximum atomic E-state index is 12.9. The van der Waals surface area contributed by atoms with E-state index in [4.69, 9.17) is 11.6 Å². The number of ketones is 1. The number of fused-ring (bicyclic) bond motifs is 1. The van der Waals surface area contributed by atoms with Gasteiger partial charge in [0.1, 0.15) is 0 Å². The molecule has 3 rings (SSSR count). The number of carbonyl (C=O) groups is 1. The number of thioether (sulfide) groups is 1. The molecule has 2 heterocycles. The first-order valence-corrected chi connectivity index (χ1v) is 10.1. The molecule has 0 saturated heterocycles. The topological polar surface area (TPSA) is 56.9 Å². The number of hydrogen-bond donors (Lipinski definition) is 0. The van der Waals surface area contributed by atoms with E-state index in [1.165, 1.54) is 11.8 Å². The van der Waals surface area contributed by atoms with Crippen molar-refractivity contribution in [3.8, 4) is 0 Å². The fourth-order valence-corrected chi connectivity index (χ4v) is 4.23. The molecule has 0 amide bonds. The first-order chi connectivity index (χ1) is 12.7. The fraction of sp³-hybridized carbons (Fsp3) is 0.350. The van der Waals surface area contributed by atoms with Gasteiger partial charge in [-0.25, -0.2) is 4.98 Å². The molecular weight excluding hydrogens is 382 g/mol. The highest BCUT2D eigenvalue weighted by molar-refractivity contribution is 7.99. The second kappa shape index (κ2) is 7.52. The molecule has 0 bridgehead atoms. The van der Waals surface area contributed by atoms with Crippen molar-refractivity contribution in [2.75, 3.05) is 5.75 Å². The minimum absolute atomic E-state index is 0.0250. The predicted molar refractivity (Wildman–Crippen MR) is 111 cm³/mol. The molecule has 0 aliphatic heterocycles. The molecule has 0 unspecified atom stereocenters. The van der Waals surface area contributed by atoms with Gasteiger partial charge in [0.05, 0.1) is 16.7 Å². The summed E-state index contributed by atoms with van der Waals surface area (Å²) in [5, 5.41) is 1.58. The van der Waals surface area contributed by atoms with Crippen LogP contribution in [0.4, 0.5) is 0 Å². The van der Waals surface area contributed by atoms with Gasteiger partial charge >= 0.3 is 0 Å². The molecule has 27 heavy (non-hydrogen) atoms. The van der Waals surface area contributed by atoms with Crippen LogP contribution in [0.1, 0.15) is 41.6 Å². The van der Waals surface area contributed by atoms with Crippen LogP contribution in [-0.4, -0.2) is 25.7 Å². The molecule has 142 valence electrons. The van der Waals surface area contributed by atoms with Gasteiger partial charge in [-0.2, -0.15) is 0 Å². The Morgan fingerprint density at radius 2 is 1.96 bits per heavy atom. The van der Waals surface area contributed by atoms with Crippen LogP contribution in [0.25, 0.3) is 10.9 Å². The summed E-state index contributed by atoms with van der Waals surface area (Å²) < 4.78 is 3.63. The van der Waals surface area contributed by atoms with Crippen LogP contribution < -0.4 is 5.56 Å². The maximum absolute atomic E-state index is 12.9. The van der Waals surface area contributed by atoms with Crippen molar-refractivity contribution in [1.82, 2.24) is 14.1 Å². The molecule has 0 aliphatic rings. The first kappa shape index (κ1) is 19.7. The number of rotatable bonds is 5. The number of aromatic nitrogens is 3. The molecule has 0 atom stereocenters.